The molecule has 3 fully saturated rings. The van der Waals surface area contributed by atoms with Crippen LogP contribution in [0.2, 0.25) is 0 Å². The van der Waals surface area contributed by atoms with Crippen molar-refractivity contribution >= 4 is 11.8 Å². The molecule has 1 N–H and O–H groups in total. The standard InChI is InChI=1S/C22H37N5/c1-22(12-5-4-6-13-22)27-17-9-10-19(18-27)24-21-23-14-11-20(25-21)26-15-7-2-3-8-16-26/h11,14,19H,2-10,12-13,15-18H2,1H3,(H,23,24,25). The fraction of sp³-hybridized carbons (Fsp3) is 0.818. The number of nitrogens with one attached hydrogen (secondary N) is 1. The van der Waals surface area contributed by atoms with Gasteiger partial charge in [0.1, 0.15) is 5.82 Å². The highest BCUT2D eigenvalue weighted by atomic mass is 15.3. The molecular weight excluding hydrogens is 334 g/mol. The summed E-state index contributed by atoms with van der Waals surface area (Å²) in [6, 6.07) is 2.55. The molecule has 1 aromatic rings. The Kier molecular flexibility index (Phi) is 6.16. The minimum absolute atomic E-state index is 0.410. The van der Waals surface area contributed by atoms with Gasteiger partial charge in [-0.15, -0.1) is 0 Å². The lowest BCUT2D eigenvalue weighted by molar-refractivity contribution is 0.0442. The van der Waals surface area contributed by atoms with Crippen molar-refractivity contribution in [3.05, 3.63) is 12.3 Å². The van der Waals surface area contributed by atoms with E-state index in [1.807, 2.05) is 6.20 Å². The highest BCUT2D eigenvalue weighted by Gasteiger charge is 2.36. The number of piperidine rings is 1. The number of nitrogens with zero attached hydrogens (tertiary/aromatic N) is 4. The van der Waals surface area contributed by atoms with Crippen molar-refractivity contribution in [3.8, 4) is 0 Å². The monoisotopic (exact) mass is 371 g/mol. The van der Waals surface area contributed by atoms with Crippen molar-refractivity contribution in [2.45, 2.75) is 89.1 Å². The molecule has 1 aliphatic carbocycles. The third-order valence-electron chi connectivity index (χ3n) is 7.02. The zero-order valence-corrected chi connectivity index (χ0v) is 17.1. The highest BCUT2D eigenvalue weighted by molar-refractivity contribution is 5.43. The van der Waals surface area contributed by atoms with Gasteiger partial charge in [0.15, 0.2) is 0 Å². The summed E-state index contributed by atoms with van der Waals surface area (Å²) in [6.07, 6.45) is 16.6. The van der Waals surface area contributed by atoms with Crippen LogP contribution >= 0.6 is 0 Å². The summed E-state index contributed by atoms with van der Waals surface area (Å²) in [5.74, 6) is 1.92. The number of aromatic nitrogens is 2. The molecule has 150 valence electrons. The van der Waals surface area contributed by atoms with Crippen molar-refractivity contribution in [2.24, 2.45) is 0 Å². The normalized spacial score (nSPS) is 27.1. The minimum Gasteiger partial charge on any atom is -0.356 e. The first-order chi connectivity index (χ1) is 13.2. The van der Waals surface area contributed by atoms with E-state index in [2.05, 4.69) is 33.1 Å². The maximum absolute atomic E-state index is 4.87. The van der Waals surface area contributed by atoms with Gasteiger partial charge in [-0.1, -0.05) is 32.1 Å². The van der Waals surface area contributed by atoms with Gasteiger partial charge in [-0.3, -0.25) is 4.90 Å². The second kappa shape index (κ2) is 8.76. The number of rotatable bonds is 4. The molecule has 1 saturated carbocycles. The van der Waals surface area contributed by atoms with Crippen LogP contribution in [0.1, 0.15) is 77.6 Å². The third kappa shape index (κ3) is 4.74. The molecule has 0 spiro atoms. The predicted molar refractivity (Wildman–Crippen MR) is 112 cm³/mol. The lowest BCUT2D eigenvalue weighted by Gasteiger charge is -2.47. The maximum atomic E-state index is 4.87. The summed E-state index contributed by atoms with van der Waals surface area (Å²) in [5, 5.41) is 3.67. The van der Waals surface area contributed by atoms with Crippen LogP contribution in [-0.2, 0) is 0 Å². The summed E-state index contributed by atoms with van der Waals surface area (Å²) in [6.45, 7) is 7.14. The molecule has 0 bridgehead atoms. The lowest BCUT2D eigenvalue weighted by Crippen LogP contribution is -2.54. The van der Waals surface area contributed by atoms with E-state index in [0.29, 0.717) is 11.6 Å². The zero-order chi connectivity index (χ0) is 18.5. The van der Waals surface area contributed by atoms with Crippen LogP contribution in [0, 0.1) is 0 Å². The Hall–Kier alpha value is -1.36. The minimum atomic E-state index is 0.410. The third-order valence-corrected chi connectivity index (χ3v) is 7.02. The van der Waals surface area contributed by atoms with E-state index in [1.165, 1.54) is 77.2 Å². The van der Waals surface area contributed by atoms with Crippen LogP contribution in [0.3, 0.4) is 0 Å². The van der Waals surface area contributed by atoms with Gasteiger partial charge in [0.05, 0.1) is 0 Å². The Balaban J connectivity index is 1.39. The number of hydrogen-bond acceptors (Lipinski definition) is 5. The van der Waals surface area contributed by atoms with Gasteiger partial charge in [0, 0.05) is 37.4 Å². The molecule has 2 aliphatic heterocycles. The van der Waals surface area contributed by atoms with Crippen molar-refractivity contribution in [1.82, 2.24) is 14.9 Å². The van der Waals surface area contributed by atoms with E-state index < -0.39 is 0 Å². The Morgan fingerprint density at radius 1 is 0.963 bits per heavy atom. The maximum Gasteiger partial charge on any atom is 0.224 e. The molecule has 3 aliphatic rings. The molecule has 4 rings (SSSR count). The van der Waals surface area contributed by atoms with Crippen LogP contribution in [0.5, 0.6) is 0 Å². The molecule has 5 heteroatoms. The van der Waals surface area contributed by atoms with Gasteiger partial charge in [0.2, 0.25) is 5.95 Å². The SMILES string of the molecule is CC1(N2CCCC(Nc3nccc(N4CCCCCC4)n3)C2)CCCCC1. The first kappa shape index (κ1) is 19.0. The summed E-state index contributed by atoms with van der Waals surface area (Å²) < 4.78 is 0. The van der Waals surface area contributed by atoms with E-state index >= 15 is 0 Å². The Bertz CT molecular complexity index is 590. The lowest BCUT2D eigenvalue weighted by atomic mass is 9.80. The Morgan fingerprint density at radius 2 is 1.70 bits per heavy atom. The van der Waals surface area contributed by atoms with E-state index in [4.69, 9.17) is 4.98 Å². The molecule has 5 nitrogen and oxygen atoms in total. The van der Waals surface area contributed by atoms with Crippen LogP contribution in [-0.4, -0.2) is 52.6 Å². The molecule has 1 unspecified atom stereocenters. The quantitative estimate of drug-likeness (QED) is 0.847. The number of anilines is 2. The van der Waals surface area contributed by atoms with E-state index in [1.54, 1.807) is 0 Å². The average Bonchev–Trinajstić information content (AvgIpc) is 2.99. The fourth-order valence-corrected chi connectivity index (χ4v) is 5.29. The van der Waals surface area contributed by atoms with Crippen LogP contribution in [0.15, 0.2) is 12.3 Å². The topological polar surface area (TPSA) is 44.3 Å². The summed E-state index contributed by atoms with van der Waals surface area (Å²) in [5.41, 5.74) is 0.410. The molecule has 0 radical (unpaired) electrons. The number of hydrogen-bond donors (Lipinski definition) is 1. The molecule has 0 amide bonds. The summed E-state index contributed by atoms with van der Waals surface area (Å²) >= 11 is 0. The second-order valence-electron chi connectivity index (χ2n) is 9.13. The first-order valence-corrected chi connectivity index (χ1v) is 11.3. The van der Waals surface area contributed by atoms with Crippen molar-refractivity contribution in [3.63, 3.8) is 0 Å². The van der Waals surface area contributed by atoms with Gasteiger partial charge < -0.3 is 10.2 Å². The smallest absolute Gasteiger partial charge is 0.224 e. The van der Waals surface area contributed by atoms with Gasteiger partial charge in [-0.05, 0) is 58.1 Å². The predicted octanol–water partition coefficient (Wildman–Crippen LogP) is 4.46. The fourth-order valence-electron chi connectivity index (χ4n) is 5.29. The molecule has 27 heavy (non-hydrogen) atoms. The van der Waals surface area contributed by atoms with Crippen molar-refractivity contribution in [1.29, 1.82) is 0 Å². The van der Waals surface area contributed by atoms with Crippen molar-refractivity contribution < 1.29 is 0 Å². The average molecular weight is 372 g/mol. The highest BCUT2D eigenvalue weighted by Crippen LogP contribution is 2.35. The molecule has 1 aromatic heterocycles. The zero-order valence-electron chi connectivity index (χ0n) is 17.1. The Morgan fingerprint density at radius 3 is 2.48 bits per heavy atom. The van der Waals surface area contributed by atoms with Gasteiger partial charge in [-0.2, -0.15) is 4.98 Å². The molecule has 2 saturated heterocycles. The molecule has 3 heterocycles. The van der Waals surface area contributed by atoms with Crippen LogP contribution < -0.4 is 10.2 Å². The van der Waals surface area contributed by atoms with Crippen LogP contribution in [0.4, 0.5) is 11.8 Å². The van der Waals surface area contributed by atoms with E-state index in [0.717, 1.165) is 31.4 Å². The molecule has 0 aromatic carbocycles. The van der Waals surface area contributed by atoms with Gasteiger partial charge >= 0.3 is 0 Å². The number of likely N-dealkylation sites (tertiary alicyclic amines) is 1. The van der Waals surface area contributed by atoms with Crippen molar-refractivity contribution in [2.75, 3.05) is 36.4 Å². The second-order valence-corrected chi connectivity index (χ2v) is 9.13. The molecule has 1 atom stereocenters. The largest absolute Gasteiger partial charge is 0.356 e. The molecular formula is C22H37N5. The van der Waals surface area contributed by atoms with Gasteiger partial charge in [0.25, 0.3) is 0 Å². The van der Waals surface area contributed by atoms with Gasteiger partial charge in [-0.25, -0.2) is 4.98 Å². The van der Waals surface area contributed by atoms with E-state index in [-0.39, 0.29) is 0 Å². The Labute approximate surface area is 164 Å². The van der Waals surface area contributed by atoms with Crippen LogP contribution in [0.25, 0.3) is 0 Å². The summed E-state index contributed by atoms with van der Waals surface area (Å²) in [4.78, 5) is 14.6. The summed E-state index contributed by atoms with van der Waals surface area (Å²) in [7, 11) is 0. The first-order valence-electron chi connectivity index (χ1n) is 11.3. The van der Waals surface area contributed by atoms with E-state index in [9.17, 15) is 0 Å².